The van der Waals surface area contributed by atoms with Gasteiger partial charge in [0, 0.05) is 35.6 Å². The molecule has 0 spiro atoms. The first-order valence-corrected chi connectivity index (χ1v) is 10.6. The maximum Gasteiger partial charge on any atom is 0.255 e. The molecule has 0 bridgehead atoms. The van der Waals surface area contributed by atoms with Crippen molar-refractivity contribution in [2.45, 2.75) is 25.7 Å². The van der Waals surface area contributed by atoms with E-state index < -0.39 is 0 Å². The second kappa shape index (κ2) is 9.62. The highest BCUT2D eigenvalue weighted by atomic mass is 35.5. The van der Waals surface area contributed by atoms with E-state index >= 15 is 0 Å². The fourth-order valence-electron chi connectivity index (χ4n) is 3.60. The summed E-state index contributed by atoms with van der Waals surface area (Å²) in [6, 6.07) is 14.4. The number of unbranched alkanes of at least 4 members (excludes halogenated alkanes) is 2. The zero-order valence-electron chi connectivity index (χ0n) is 16.9. The van der Waals surface area contributed by atoms with Gasteiger partial charge in [-0.2, -0.15) is 0 Å². The molecule has 7 heteroatoms. The Labute approximate surface area is 185 Å². The van der Waals surface area contributed by atoms with E-state index in [-0.39, 0.29) is 11.7 Å². The zero-order valence-corrected chi connectivity index (χ0v) is 17.7. The summed E-state index contributed by atoms with van der Waals surface area (Å²) in [7, 11) is 0. The van der Waals surface area contributed by atoms with Gasteiger partial charge < -0.3 is 15.4 Å². The molecule has 0 fully saturated rings. The molecule has 31 heavy (non-hydrogen) atoms. The molecule has 0 aliphatic rings. The van der Waals surface area contributed by atoms with Crippen molar-refractivity contribution in [2.24, 2.45) is 0 Å². The number of benzene rings is 1. The van der Waals surface area contributed by atoms with Crippen LogP contribution < -0.4 is 5.32 Å². The molecule has 3 N–H and O–H groups in total. The monoisotopic (exact) mass is 434 g/mol. The van der Waals surface area contributed by atoms with Crippen molar-refractivity contribution in [2.75, 3.05) is 6.54 Å². The fourth-order valence-corrected chi connectivity index (χ4v) is 3.83. The van der Waals surface area contributed by atoms with Gasteiger partial charge in [-0.25, -0.2) is 9.97 Å². The van der Waals surface area contributed by atoms with E-state index in [0.717, 1.165) is 53.5 Å². The van der Waals surface area contributed by atoms with Gasteiger partial charge in [-0.1, -0.05) is 30.2 Å². The molecule has 3 heterocycles. The van der Waals surface area contributed by atoms with E-state index in [1.165, 1.54) is 6.07 Å². The van der Waals surface area contributed by atoms with Crippen LogP contribution in [-0.4, -0.2) is 32.5 Å². The predicted molar refractivity (Wildman–Crippen MR) is 122 cm³/mol. The molecule has 1 aromatic carbocycles. The van der Waals surface area contributed by atoms with E-state index in [4.69, 9.17) is 11.6 Å². The third-order valence-corrected chi connectivity index (χ3v) is 5.35. The number of aromatic amines is 1. The quantitative estimate of drug-likeness (QED) is 0.265. The van der Waals surface area contributed by atoms with Crippen LogP contribution >= 0.6 is 11.6 Å². The number of aromatic hydroxyl groups is 1. The van der Waals surface area contributed by atoms with Crippen LogP contribution in [0.5, 0.6) is 5.75 Å². The molecule has 0 aliphatic heterocycles. The number of nitrogens with one attached hydrogen (secondary N) is 2. The lowest BCUT2D eigenvalue weighted by Gasteiger charge is -2.08. The summed E-state index contributed by atoms with van der Waals surface area (Å²) in [4.78, 5) is 24.1. The van der Waals surface area contributed by atoms with Gasteiger partial charge in [0.1, 0.15) is 16.5 Å². The molecule has 1 amide bonds. The number of rotatable bonds is 8. The molecule has 0 saturated heterocycles. The average molecular weight is 435 g/mol. The van der Waals surface area contributed by atoms with E-state index in [1.54, 1.807) is 24.4 Å². The predicted octanol–water partition coefficient (Wildman–Crippen LogP) is 5.13. The fraction of sp³-hybridized carbons (Fsp3) is 0.208. The summed E-state index contributed by atoms with van der Waals surface area (Å²) in [6.07, 6.45) is 7.25. The highest BCUT2D eigenvalue weighted by Crippen LogP contribution is 2.29. The van der Waals surface area contributed by atoms with Crippen molar-refractivity contribution in [1.29, 1.82) is 0 Å². The first kappa shape index (κ1) is 20.9. The number of phenolic OH excluding ortho intramolecular Hbond substituents is 1. The van der Waals surface area contributed by atoms with E-state index in [0.29, 0.717) is 17.3 Å². The molecule has 158 valence electrons. The number of carbonyl (C=O) groups excluding carboxylic acids is 1. The number of fused-ring (bicyclic) bond motifs is 1. The van der Waals surface area contributed by atoms with E-state index in [1.807, 2.05) is 24.4 Å². The Hall–Kier alpha value is -3.38. The van der Waals surface area contributed by atoms with Crippen molar-refractivity contribution in [3.63, 3.8) is 0 Å². The number of carbonyl (C=O) groups is 1. The molecular weight excluding hydrogens is 412 g/mol. The summed E-state index contributed by atoms with van der Waals surface area (Å²) < 4.78 is 0. The van der Waals surface area contributed by atoms with Crippen LogP contribution in [0.3, 0.4) is 0 Å². The van der Waals surface area contributed by atoms with Crippen LogP contribution in [0.25, 0.3) is 22.2 Å². The van der Waals surface area contributed by atoms with Crippen molar-refractivity contribution in [3.8, 4) is 16.9 Å². The third kappa shape index (κ3) is 5.03. The van der Waals surface area contributed by atoms with Gasteiger partial charge in [0.25, 0.3) is 5.91 Å². The lowest BCUT2D eigenvalue weighted by molar-refractivity contribution is 0.0950. The van der Waals surface area contributed by atoms with Gasteiger partial charge in [-0.3, -0.25) is 4.79 Å². The molecule has 4 aromatic rings. The van der Waals surface area contributed by atoms with Gasteiger partial charge in [0.05, 0.1) is 5.56 Å². The molecule has 0 radical (unpaired) electrons. The highest BCUT2D eigenvalue weighted by molar-refractivity contribution is 6.29. The number of nitrogens with zero attached hydrogens (tertiary/aromatic N) is 2. The zero-order chi connectivity index (χ0) is 21.6. The van der Waals surface area contributed by atoms with Crippen molar-refractivity contribution in [1.82, 2.24) is 20.3 Å². The number of hydrogen-bond acceptors (Lipinski definition) is 4. The number of aryl methyl sites for hydroxylation is 1. The van der Waals surface area contributed by atoms with E-state index in [9.17, 15) is 9.90 Å². The number of pyridine rings is 2. The number of aromatic nitrogens is 3. The Morgan fingerprint density at radius 3 is 2.84 bits per heavy atom. The van der Waals surface area contributed by atoms with Crippen LogP contribution in [-0.2, 0) is 6.42 Å². The summed E-state index contributed by atoms with van der Waals surface area (Å²) in [5.41, 5.74) is 4.16. The number of phenols is 1. The molecule has 0 aliphatic carbocycles. The topological polar surface area (TPSA) is 90.9 Å². The second-order valence-corrected chi connectivity index (χ2v) is 7.74. The minimum absolute atomic E-state index is 0.00572. The number of amides is 1. The summed E-state index contributed by atoms with van der Waals surface area (Å²) in [5.74, 6) is -0.263. The molecular formula is C24H23ClN4O2. The van der Waals surface area contributed by atoms with Crippen molar-refractivity contribution >= 4 is 28.5 Å². The molecule has 0 atom stereocenters. The van der Waals surface area contributed by atoms with Crippen LogP contribution in [0.1, 0.15) is 35.3 Å². The molecule has 4 rings (SSSR count). The van der Waals surface area contributed by atoms with Gasteiger partial charge in [0.2, 0.25) is 0 Å². The minimum atomic E-state index is -0.257. The first-order chi connectivity index (χ1) is 15.1. The minimum Gasteiger partial charge on any atom is -0.507 e. The Morgan fingerprint density at radius 1 is 1.10 bits per heavy atom. The second-order valence-electron chi connectivity index (χ2n) is 7.36. The highest BCUT2D eigenvalue weighted by Gasteiger charge is 2.10. The number of hydrogen-bond donors (Lipinski definition) is 3. The van der Waals surface area contributed by atoms with Crippen LogP contribution in [0.2, 0.25) is 5.15 Å². The SMILES string of the molecule is O=C(NCCCCCc1cc(-c2c[nH]c3ncccc23)cc(Cl)n1)c1ccccc1O. The largest absolute Gasteiger partial charge is 0.507 e. The van der Waals surface area contributed by atoms with Crippen LogP contribution in [0.4, 0.5) is 0 Å². The maximum absolute atomic E-state index is 12.1. The number of halogens is 1. The first-order valence-electron chi connectivity index (χ1n) is 10.3. The Morgan fingerprint density at radius 2 is 1.97 bits per heavy atom. The smallest absolute Gasteiger partial charge is 0.255 e. The molecule has 3 aromatic heterocycles. The molecule has 0 saturated carbocycles. The number of para-hydroxylation sites is 1. The molecule has 6 nitrogen and oxygen atoms in total. The summed E-state index contributed by atoms with van der Waals surface area (Å²) in [6.45, 7) is 0.559. The lowest BCUT2D eigenvalue weighted by atomic mass is 10.0. The summed E-state index contributed by atoms with van der Waals surface area (Å²) >= 11 is 6.28. The lowest BCUT2D eigenvalue weighted by Crippen LogP contribution is -2.24. The van der Waals surface area contributed by atoms with Gasteiger partial charge in [-0.15, -0.1) is 0 Å². The van der Waals surface area contributed by atoms with Crippen LogP contribution in [0, 0.1) is 0 Å². The Bertz CT molecular complexity index is 1210. The maximum atomic E-state index is 12.1. The van der Waals surface area contributed by atoms with Gasteiger partial charge in [-0.05, 0) is 61.2 Å². The van der Waals surface area contributed by atoms with Crippen LogP contribution in [0.15, 0.2) is 60.9 Å². The van der Waals surface area contributed by atoms with Crippen molar-refractivity contribution < 1.29 is 9.90 Å². The van der Waals surface area contributed by atoms with Gasteiger partial charge >= 0.3 is 0 Å². The molecule has 0 unspecified atom stereocenters. The number of H-pyrrole nitrogens is 1. The average Bonchev–Trinajstić information content (AvgIpc) is 3.20. The Balaban J connectivity index is 1.29. The van der Waals surface area contributed by atoms with Crippen molar-refractivity contribution in [3.05, 3.63) is 77.3 Å². The summed E-state index contributed by atoms with van der Waals surface area (Å²) in [5, 5.41) is 14.1. The normalized spacial score (nSPS) is 11.0. The standard InChI is InChI=1S/C24H23ClN4O2/c25-22-14-16(20-15-28-23-18(20)9-6-12-26-23)13-17(29-22)7-2-1-5-11-27-24(31)19-8-3-4-10-21(19)30/h3-4,6,8-10,12-15,30H,1-2,5,7,11H2,(H,26,28)(H,27,31). The Kier molecular flexibility index (Phi) is 6.48. The third-order valence-electron chi connectivity index (χ3n) is 5.15. The van der Waals surface area contributed by atoms with Gasteiger partial charge in [0.15, 0.2) is 0 Å². The van der Waals surface area contributed by atoms with E-state index in [2.05, 4.69) is 26.3 Å².